The summed E-state index contributed by atoms with van der Waals surface area (Å²) in [5.74, 6) is -1.29. The Labute approximate surface area is 195 Å². The Hall–Kier alpha value is -3.35. The van der Waals surface area contributed by atoms with Crippen LogP contribution in [0.1, 0.15) is 44.4 Å². The highest BCUT2D eigenvalue weighted by molar-refractivity contribution is 7.93. The molecule has 2 fully saturated rings. The number of ether oxygens (including phenoxy) is 1. The van der Waals surface area contributed by atoms with Crippen molar-refractivity contribution in [2.45, 2.75) is 68.8 Å². The van der Waals surface area contributed by atoms with Gasteiger partial charge in [0, 0.05) is 18.3 Å². The summed E-state index contributed by atoms with van der Waals surface area (Å²) < 4.78 is 31.9. The largest absolute Gasteiger partial charge is 0.459 e. The number of carbonyl (C=O) groups excluding carboxylic acids is 2. The lowest BCUT2D eigenvalue weighted by atomic mass is 9.96. The highest BCUT2D eigenvalue weighted by atomic mass is 32.2. The number of non-ortho nitro benzene ring substituents is 1. The van der Waals surface area contributed by atoms with Crippen LogP contribution in [0.25, 0.3) is 0 Å². The van der Waals surface area contributed by atoms with Crippen LogP contribution in [0, 0.1) is 10.1 Å². The van der Waals surface area contributed by atoms with Crippen LogP contribution in [0.2, 0.25) is 0 Å². The maximum absolute atomic E-state index is 13.4. The Kier molecular flexibility index (Phi) is 6.14. The minimum Gasteiger partial charge on any atom is -0.459 e. The van der Waals surface area contributed by atoms with Crippen LogP contribution in [0.15, 0.2) is 30.5 Å². The first-order valence-corrected chi connectivity index (χ1v) is 12.5. The van der Waals surface area contributed by atoms with Gasteiger partial charge in [0.05, 0.1) is 23.6 Å². The van der Waals surface area contributed by atoms with Crippen molar-refractivity contribution in [3.63, 3.8) is 0 Å². The number of aromatic nitrogens is 3. The van der Waals surface area contributed by atoms with Crippen molar-refractivity contribution >= 4 is 27.4 Å². The summed E-state index contributed by atoms with van der Waals surface area (Å²) in [7, 11) is -3.92. The molecule has 2 aromatic rings. The lowest BCUT2D eigenvalue weighted by Gasteiger charge is -2.36. The molecule has 182 valence electrons. The van der Waals surface area contributed by atoms with Crippen LogP contribution >= 0.6 is 0 Å². The van der Waals surface area contributed by atoms with E-state index >= 15 is 0 Å². The zero-order valence-electron chi connectivity index (χ0n) is 18.8. The standard InChI is InChI=1S/C21H25N5O7S/c1-3-4-5-15-11-24(23-22-15)13-21(2)19(25-17(27)10-18(25)34(21,31)32)20(28)33-12-14-6-8-16(9-7-14)26(29)30/h6-9,11,18-19H,3-5,10,12-13H2,1-2H3/t18-,19-,21-/m0/s1. The number of carbonyl (C=O) groups is 2. The molecule has 1 amide bonds. The summed E-state index contributed by atoms with van der Waals surface area (Å²) in [5.41, 5.74) is 1.10. The van der Waals surface area contributed by atoms with Crippen molar-refractivity contribution in [2.75, 3.05) is 0 Å². The second-order valence-corrected chi connectivity index (χ2v) is 11.3. The minimum atomic E-state index is -3.92. The molecule has 0 N–H and O–H groups in total. The summed E-state index contributed by atoms with van der Waals surface area (Å²) in [6, 6.07) is 4.11. The summed E-state index contributed by atoms with van der Waals surface area (Å²) in [6.45, 7) is 3.09. The number of nitrogens with zero attached hydrogens (tertiary/aromatic N) is 5. The Morgan fingerprint density at radius 1 is 1.32 bits per heavy atom. The Morgan fingerprint density at radius 2 is 2.03 bits per heavy atom. The van der Waals surface area contributed by atoms with E-state index in [4.69, 9.17) is 4.74 Å². The van der Waals surface area contributed by atoms with Gasteiger partial charge in [-0.15, -0.1) is 5.10 Å². The van der Waals surface area contributed by atoms with E-state index in [1.807, 2.05) is 6.92 Å². The molecule has 3 atom stereocenters. The van der Waals surface area contributed by atoms with Crippen molar-refractivity contribution in [3.8, 4) is 0 Å². The average molecular weight is 492 g/mol. The number of aryl methyl sites for hydroxylation is 1. The highest BCUT2D eigenvalue weighted by Gasteiger charge is 2.70. The maximum atomic E-state index is 13.4. The molecule has 0 bridgehead atoms. The van der Waals surface area contributed by atoms with Crippen molar-refractivity contribution in [1.29, 1.82) is 0 Å². The monoisotopic (exact) mass is 491 g/mol. The van der Waals surface area contributed by atoms with E-state index in [-0.39, 0.29) is 25.3 Å². The van der Waals surface area contributed by atoms with Crippen LogP contribution in [0.3, 0.4) is 0 Å². The predicted octanol–water partition coefficient (Wildman–Crippen LogP) is 1.39. The number of nitro groups is 1. The van der Waals surface area contributed by atoms with E-state index < -0.39 is 42.8 Å². The summed E-state index contributed by atoms with van der Waals surface area (Å²) in [6.07, 6.45) is 4.07. The quantitative estimate of drug-likeness (QED) is 0.219. The maximum Gasteiger partial charge on any atom is 0.330 e. The molecule has 0 saturated carbocycles. The first-order valence-electron chi connectivity index (χ1n) is 10.9. The Bertz CT molecular complexity index is 1230. The first kappa shape index (κ1) is 23.8. The lowest BCUT2D eigenvalue weighted by molar-refractivity contribution is -0.384. The smallest absolute Gasteiger partial charge is 0.330 e. The third-order valence-electron chi connectivity index (χ3n) is 6.41. The number of hydrogen-bond donors (Lipinski definition) is 0. The molecular weight excluding hydrogens is 466 g/mol. The molecule has 0 aliphatic carbocycles. The van der Waals surface area contributed by atoms with E-state index in [2.05, 4.69) is 10.3 Å². The van der Waals surface area contributed by atoms with E-state index in [1.165, 1.54) is 35.9 Å². The highest BCUT2D eigenvalue weighted by Crippen LogP contribution is 2.47. The molecule has 2 aliphatic rings. The molecule has 0 radical (unpaired) electrons. The van der Waals surface area contributed by atoms with Gasteiger partial charge in [-0.25, -0.2) is 13.2 Å². The van der Waals surface area contributed by atoms with Crippen LogP contribution < -0.4 is 0 Å². The third-order valence-corrected chi connectivity index (χ3v) is 9.17. The SMILES string of the molecule is CCCCc1cn(C[C@@]2(C)[C@H](C(=O)OCc3ccc([N+](=O)[O-])cc3)N3C(=O)C[C@@H]3S2(=O)=O)nn1. The second kappa shape index (κ2) is 8.78. The van der Waals surface area contributed by atoms with E-state index in [1.54, 1.807) is 6.20 Å². The number of fused-ring (bicyclic) bond motifs is 1. The van der Waals surface area contributed by atoms with Gasteiger partial charge in [-0.3, -0.25) is 19.6 Å². The van der Waals surface area contributed by atoms with Crippen LogP contribution in [-0.2, 0) is 43.7 Å². The number of nitro benzene ring substituents is 1. The number of hydrogen-bond acceptors (Lipinski definition) is 9. The van der Waals surface area contributed by atoms with Gasteiger partial charge in [0.15, 0.2) is 15.9 Å². The minimum absolute atomic E-state index is 0.107. The van der Waals surface area contributed by atoms with Gasteiger partial charge in [0.25, 0.3) is 5.69 Å². The molecule has 1 aromatic carbocycles. The van der Waals surface area contributed by atoms with Gasteiger partial charge < -0.3 is 9.64 Å². The van der Waals surface area contributed by atoms with Crippen LogP contribution in [0.5, 0.6) is 0 Å². The Balaban J connectivity index is 1.56. The fourth-order valence-corrected chi connectivity index (χ4v) is 6.78. The molecule has 12 nitrogen and oxygen atoms in total. The molecule has 2 aliphatic heterocycles. The molecular formula is C21H25N5O7S. The van der Waals surface area contributed by atoms with Crippen molar-refractivity contribution in [3.05, 3.63) is 51.8 Å². The van der Waals surface area contributed by atoms with Crippen LogP contribution in [0.4, 0.5) is 5.69 Å². The van der Waals surface area contributed by atoms with Gasteiger partial charge >= 0.3 is 5.97 Å². The van der Waals surface area contributed by atoms with E-state index in [0.29, 0.717) is 12.0 Å². The Morgan fingerprint density at radius 3 is 2.65 bits per heavy atom. The number of amides is 1. The number of unbranched alkanes of at least 4 members (excludes halogenated alkanes) is 1. The van der Waals surface area contributed by atoms with E-state index in [0.717, 1.165) is 23.4 Å². The van der Waals surface area contributed by atoms with Crippen molar-refractivity contribution in [2.24, 2.45) is 0 Å². The van der Waals surface area contributed by atoms with Crippen molar-refractivity contribution < 1.29 is 27.7 Å². The summed E-state index contributed by atoms with van der Waals surface area (Å²) in [5, 5.41) is 17.8. The number of β-lactam (4-membered cyclic amide) rings is 1. The van der Waals surface area contributed by atoms with Gasteiger partial charge in [-0.05, 0) is 37.5 Å². The average Bonchev–Trinajstić information content (AvgIpc) is 3.29. The number of rotatable bonds is 9. The van der Waals surface area contributed by atoms with Gasteiger partial charge in [0.1, 0.15) is 16.7 Å². The zero-order chi connectivity index (χ0) is 24.7. The van der Waals surface area contributed by atoms with Crippen LogP contribution in [-0.4, -0.2) is 61.3 Å². The van der Waals surface area contributed by atoms with E-state index in [9.17, 15) is 28.1 Å². The fraction of sp³-hybridized carbons (Fsp3) is 0.524. The third kappa shape index (κ3) is 3.93. The first-order chi connectivity index (χ1) is 16.1. The lowest BCUT2D eigenvalue weighted by Crippen LogP contribution is -2.58. The molecule has 0 spiro atoms. The summed E-state index contributed by atoms with van der Waals surface area (Å²) in [4.78, 5) is 36.8. The second-order valence-electron chi connectivity index (χ2n) is 8.76. The zero-order valence-corrected chi connectivity index (χ0v) is 19.6. The molecule has 4 rings (SSSR count). The molecule has 13 heteroatoms. The molecule has 0 unspecified atom stereocenters. The molecule has 2 saturated heterocycles. The number of sulfone groups is 1. The molecule has 1 aromatic heterocycles. The number of esters is 1. The topological polar surface area (TPSA) is 155 Å². The van der Waals surface area contributed by atoms with Gasteiger partial charge in [-0.1, -0.05) is 18.6 Å². The van der Waals surface area contributed by atoms with Gasteiger partial charge in [0.2, 0.25) is 5.91 Å². The summed E-state index contributed by atoms with van der Waals surface area (Å²) >= 11 is 0. The van der Waals surface area contributed by atoms with Crippen molar-refractivity contribution in [1.82, 2.24) is 19.9 Å². The predicted molar refractivity (Wildman–Crippen MR) is 118 cm³/mol. The normalized spacial score (nSPS) is 25.0. The fourth-order valence-electron chi connectivity index (χ4n) is 4.43. The molecule has 3 heterocycles. The number of benzene rings is 1. The van der Waals surface area contributed by atoms with Gasteiger partial charge in [-0.2, -0.15) is 0 Å². The molecule has 34 heavy (non-hydrogen) atoms.